The van der Waals surface area contributed by atoms with Crippen LogP contribution in [0.1, 0.15) is 11.1 Å². The van der Waals surface area contributed by atoms with Crippen LogP contribution in [0.5, 0.6) is 11.5 Å². The van der Waals surface area contributed by atoms with Crippen LogP contribution in [-0.4, -0.2) is 37.0 Å². The Hall–Kier alpha value is -1.52. The van der Waals surface area contributed by atoms with Gasteiger partial charge in [0.2, 0.25) is 0 Å². The Bertz CT molecular complexity index is 633. The molecule has 0 amide bonds. The Morgan fingerprint density at radius 3 is 1.62 bits per heavy atom. The van der Waals surface area contributed by atoms with Crippen LogP contribution in [-0.2, 0) is 27.5 Å². The summed E-state index contributed by atoms with van der Waals surface area (Å²) in [6.07, 6.45) is -5.43. The summed E-state index contributed by atoms with van der Waals surface area (Å²) in [5.74, 6) is 0.998. The molecule has 2 aromatic rings. The molecule has 0 bridgehead atoms. The maximum atomic E-state index is 12.8. The van der Waals surface area contributed by atoms with E-state index in [1.54, 1.807) is 36.4 Å². The molecule has 2 rings (SSSR count). The Balaban J connectivity index is 0.00000338. The van der Waals surface area contributed by atoms with Gasteiger partial charge in [-0.1, -0.05) is 24.3 Å². The van der Waals surface area contributed by atoms with E-state index >= 15 is 0 Å². The van der Waals surface area contributed by atoms with Crippen molar-refractivity contribution in [2.45, 2.75) is 25.1 Å². The molecule has 26 heavy (non-hydrogen) atoms. The zero-order chi connectivity index (χ0) is 18.2. The van der Waals surface area contributed by atoms with E-state index in [2.05, 4.69) is 6.92 Å². The molecule has 0 heterocycles. The van der Waals surface area contributed by atoms with Crippen LogP contribution in [0.3, 0.4) is 0 Å². The molecule has 0 aromatic heterocycles. The quantitative estimate of drug-likeness (QED) is 0.495. The average Bonchev–Trinajstić information content (AvgIpc) is 2.60. The van der Waals surface area contributed by atoms with Gasteiger partial charge in [-0.3, -0.25) is 0 Å². The van der Waals surface area contributed by atoms with Crippen LogP contribution in [0, 0.1) is 6.92 Å². The van der Waals surface area contributed by atoms with E-state index in [9.17, 15) is 13.2 Å². The third-order valence-electron chi connectivity index (χ3n) is 3.38. The molecule has 2 unspecified atom stereocenters. The molecule has 0 fully saturated rings. The summed E-state index contributed by atoms with van der Waals surface area (Å²) in [5, 5.41) is 9.08. The maximum Gasteiger partial charge on any atom is 0.272 e. The number of rotatable bonds is 9. The Labute approximate surface area is 165 Å². The van der Waals surface area contributed by atoms with Gasteiger partial charge in [-0.25, -0.2) is 13.2 Å². The first-order chi connectivity index (χ1) is 11.9. The molecule has 142 valence electrons. The smallest absolute Gasteiger partial charge is 0.272 e. The van der Waals surface area contributed by atoms with Crippen LogP contribution >= 0.6 is 0 Å². The van der Waals surface area contributed by atoms with Crippen molar-refractivity contribution in [2.75, 3.05) is 13.2 Å². The fourth-order valence-electron chi connectivity index (χ4n) is 2.08. The number of hydrogen-bond donors (Lipinski definition) is 1. The number of halogens is 3. The second-order valence-corrected chi connectivity index (χ2v) is 5.59. The number of aliphatic hydroxyl groups is 1. The van der Waals surface area contributed by atoms with E-state index < -0.39 is 25.3 Å². The molecule has 2 aromatic carbocycles. The van der Waals surface area contributed by atoms with Crippen molar-refractivity contribution < 1.29 is 48.8 Å². The van der Waals surface area contributed by atoms with E-state index in [0.717, 1.165) is 11.1 Å². The van der Waals surface area contributed by atoms with Crippen molar-refractivity contribution in [3.05, 3.63) is 66.6 Å². The van der Waals surface area contributed by atoms with E-state index in [1.165, 1.54) is 0 Å². The molecule has 0 saturated carbocycles. The molecule has 0 aliphatic heterocycles. The predicted molar refractivity (Wildman–Crippen MR) is 88.9 cm³/mol. The van der Waals surface area contributed by atoms with E-state index in [1.807, 2.05) is 12.1 Å². The summed E-state index contributed by atoms with van der Waals surface area (Å²) >= 11 is 0. The third kappa shape index (κ3) is 7.79. The number of ether oxygens (including phenoxy) is 2. The summed E-state index contributed by atoms with van der Waals surface area (Å²) in [6.45, 7) is 2.89. The molecule has 2 atom stereocenters. The van der Waals surface area contributed by atoms with Crippen molar-refractivity contribution >= 4 is 0 Å². The van der Waals surface area contributed by atoms with Crippen LogP contribution in [0.25, 0.3) is 0 Å². The zero-order valence-corrected chi connectivity index (χ0v) is 16.9. The molecule has 0 spiro atoms. The average molecular weight is 537 g/mol. The fourth-order valence-corrected chi connectivity index (χ4v) is 2.08. The number of hydrogen-bond acceptors (Lipinski definition) is 3. The SMILES string of the molecule is [CH2-]C(O)COc1ccc(Cc2ccc(OCC(F)C(F)F)cc2)cc1.[W]. The van der Waals surface area contributed by atoms with Gasteiger partial charge in [0, 0.05) is 21.1 Å². The van der Waals surface area contributed by atoms with Crippen molar-refractivity contribution in [2.24, 2.45) is 0 Å². The molecular formula is C19H20F3O3W-. The van der Waals surface area contributed by atoms with Crippen LogP contribution < -0.4 is 9.47 Å². The fraction of sp³-hybridized carbons (Fsp3) is 0.316. The predicted octanol–water partition coefficient (Wildman–Crippen LogP) is 3.83. The number of alkyl halides is 3. The molecule has 0 saturated heterocycles. The largest absolute Gasteiger partial charge is 0.494 e. The summed E-state index contributed by atoms with van der Waals surface area (Å²) in [4.78, 5) is 0. The standard InChI is InChI=1S/C19H20F3O3.W/c1-13(23)11-24-16-6-2-14(3-7-16)10-15-4-8-17(9-5-15)25-12-18(20)19(21)22;/h2-9,13,18-19,23H,1,10-12H2;/q-1;. The molecule has 0 radical (unpaired) electrons. The zero-order valence-electron chi connectivity index (χ0n) is 14.0. The van der Waals surface area contributed by atoms with Crippen molar-refractivity contribution in [1.29, 1.82) is 0 Å². The molecular weight excluding hydrogens is 517 g/mol. The van der Waals surface area contributed by atoms with Gasteiger partial charge in [0.25, 0.3) is 6.43 Å². The third-order valence-corrected chi connectivity index (χ3v) is 3.38. The first-order valence-corrected chi connectivity index (χ1v) is 7.81. The molecule has 3 nitrogen and oxygen atoms in total. The molecule has 0 aliphatic carbocycles. The van der Waals surface area contributed by atoms with Gasteiger partial charge in [-0.15, -0.1) is 0 Å². The van der Waals surface area contributed by atoms with Gasteiger partial charge in [0.15, 0.2) is 6.17 Å². The molecule has 7 heteroatoms. The van der Waals surface area contributed by atoms with Crippen LogP contribution in [0.2, 0.25) is 0 Å². The first kappa shape index (κ1) is 22.5. The van der Waals surface area contributed by atoms with E-state index in [0.29, 0.717) is 17.9 Å². The van der Waals surface area contributed by atoms with Crippen molar-refractivity contribution in [3.8, 4) is 11.5 Å². The Morgan fingerprint density at radius 2 is 1.23 bits per heavy atom. The van der Waals surface area contributed by atoms with Gasteiger partial charge >= 0.3 is 0 Å². The second kappa shape index (κ2) is 11.2. The number of benzene rings is 2. The van der Waals surface area contributed by atoms with E-state index in [4.69, 9.17) is 14.6 Å². The minimum Gasteiger partial charge on any atom is -0.494 e. The van der Waals surface area contributed by atoms with Crippen LogP contribution in [0.4, 0.5) is 13.2 Å². The topological polar surface area (TPSA) is 38.7 Å². The first-order valence-electron chi connectivity index (χ1n) is 7.81. The molecule has 0 aliphatic rings. The molecule has 1 N–H and O–H groups in total. The van der Waals surface area contributed by atoms with Gasteiger partial charge in [-0.2, -0.15) is 0 Å². The minimum atomic E-state index is -3.04. The Kier molecular flexibility index (Phi) is 9.74. The van der Waals surface area contributed by atoms with Gasteiger partial charge < -0.3 is 21.5 Å². The van der Waals surface area contributed by atoms with E-state index in [-0.39, 0.29) is 27.7 Å². The van der Waals surface area contributed by atoms with Gasteiger partial charge in [0.05, 0.1) is 6.61 Å². The normalized spacial score (nSPS) is 13.0. The summed E-state index contributed by atoms with van der Waals surface area (Å²) in [7, 11) is 0. The van der Waals surface area contributed by atoms with Gasteiger partial charge in [0.1, 0.15) is 18.1 Å². The van der Waals surface area contributed by atoms with Crippen molar-refractivity contribution in [3.63, 3.8) is 0 Å². The maximum absolute atomic E-state index is 12.8. The number of aliphatic hydroxyl groups excluding tert-OH is 1. The minimum absolute atomic E-state index is 0. The summed E-state index contributed by atoms with van der Waals surface area (Å²) in [6, 6.07) is 14.3. The second-order valence-electron chi connectivity index (χ2n) is 5.59. The van der Waals surface area contributed by atoms with Gasteiger partial charge in [-0.05, 0) is 47.9 Å². The monoisotopic (exact) mass is 537 g/mol. The Morgan fingerprint density at radius 1 is 0.808 bits per heavy atom. The van der Waals surface area contributed by atoms with Crippen molar-refractivity contribution in [1.82, 2.24) is 0 Å². The van der Waals surface area contributed by atoms with Crippen LogP contribution in [0.15, 0.2) is 48.5 Å². The summed E-state index contributed by atoms with van der Waals surface area (Å²) in [5.41, 5.74) is 2.05. The summed E-state index contributed by atoms with van der Waals surface area (Å²) < 4.78 is 47.3.